The van der Waals surface area contributed by atoms with E-state index in [1.165, 1.54) is 0 Å². The van der Waals surface area contributed by atoms with E-state index in [0.717, 1.165) is 23.1 Å². The number of alkyl halides is 1. The molecule has 1 aromatic heterocycles. The van der Waals surface area contributed by atoms with Crippen LogP contribution in [0.1, 0.15) is 17.8 Å². The Bertz CT molecular complexity index is 254. The summed E-state index contributed by atoms with van der Waals surface area (Å²) in [6.07, 6.45) is 8.82. The molecule has 0 fully saturated rings. The molecule has 0 saturated heterocycles. The SMILES string of the molecule is Cc1ncc(C=CCCBr)cn1. The van der Waals surface area contributed by atoms with Crippen LogP contribution in [0.4, 0.5) is 0 Å². The monoisotopic (exact) mass is 226 g/mol. The number of halogens is 1. The second-order valence-corrected chi connectivity index (χ2v) is 3.24. The van der Waals surface area contributed by atoms with Crippen LogP contribution in [0.2, 0.25) is 0 Å². The lowest BCUT2D eigenvalue weighted by Crippen LogP contribution is -1.85. The van der Waals surface area contributed by atoms with Gasteiger partial charge in [-0.2, -0.15) is 0 Å². The van der Waals surface area contributed by atoms with E-state index in [1.807, 2.05) is 25.4 Å². The molecule has 1 aromatic rings. The summed E-state index contributed by atoms with van der Waals surface area (Å²) in [5, 5.41) is 0.996. The molecule has 3 heteroatoms. The maximum absolute atomic E-state index is 4.08. The molecule has 0 bridgehead atoms. The Kier molecular flexibility index (Phi) is 3.94. The normalized spacial score (nSPS) is 10.8. The van der Waals surface area contributed by atoms with Crippen molar-refractivity contribution in [1.82, 2.24) is 9.97 Å². The smallest absolute Gasteiger partial charge is 0.125 e. The highest BCUT2D eigenvalue weighted by Gasteiger charge is 1.87. The fourth-order valence-electron chi connectivity index (χ4n) is 0.771. The fourth-order valence-corrected chi connectivity index (χ4v) is 1.04. The van der Waals surface area contributed by atoms with Crippen LogP contribution >= 0.6 is 15.9 Å². The zero-order valence-corrected chi connectivity index (χ0v) is 8.58. The Balaban J connectivity index is 2.58. The Hall–Kier alpha value is -0.700. The van der Waals surface area contributed by atoms with Crippen LogP contribution in [0.5, 0.6) is 0 Å². The molecule has 0 aromatic carbocycles. The third kappa shape index (κ3) is 3.13. The van der Waals surface area contributed by atoms with Crippen molar-refractivity contribution in [2.45, 2.75) is 13.3 Å². The zero-order valence-electron chi connectivity index (χ0n) is 7.00. The fraction of sp³-hybridized carbons (Fsp3) is 0.333. The summed E-state index contributed by atoms with van der Waals surface area (Å²) < 4.78 is 0. The molecule has 1 heterocycles. The van der Waals surface area contributed by atoms with E-state index < -0.39 is 0 Å². The van der Waals surface area contributed by atoms with Crippen molar-refractivity contribution in [3.63, 3.8) is 0 Å². The van der Waals surface area contributed by atoms with Gasteiger partial charge >= 0.3 is 0 Å². The van der Waals surface area contributed by atoms with Gasteiger partial charge in [-0.1, -0.05) is 28.1 Å². The molecular weight excluding hydrogens is 216 g/mol. The molecule has 0 aliphatic rings. The molecule has 0 saturated carbocycles. The number of hydrogen-bond acceptors (Lipinski definition) is 2. The van der Waals surface area contributed by atoms with Crippen molar-refractivity contribution in [1.29, 1.82) is 0 Å². The molecule has 0 aliphatic carbocycles. The van der Waals surface area contributed by atoms with Crippen molar-refractivity contribution in [2.24, 2.45) is 0 Å². The lowest BCUT2D eigenvalue weighted by molar-refractivity contribution is 1.05. The Labute approximate surface area is 80.9 Å². The maximum atomic E-state index is 4.08. The van der Waals surface area contributed by atoms with E-state index in [4.69, 9.17) is 0 Å². The van der Waals surface area contributed by atoms with Crippen LogP contribution in [-0.2, 0) is 0 Å². The largest absolute Gasteiger partial charge is 0.241 e. The van der Waals surface area contributed by atoms with Gasteiger partial charge in [0.1, 0.15) is 5.82 Å². The van der Waals surface area contributed by atoms with Crippen molar-refractivity contribution in [2.75, 3.05) is 5.33 Å². The number of allylic oxidation sites excluding steroid dienone is 1. The molecule has 1 rings (SSSR count). The second-order valence-electron chi connectivity index (χ2n) is 2.44. The molecule has 0 radical (unpaired) electrons. The minimum atomic E-state index is 0.813. The van der Waals surface area contributed by atoms with Gasteiger partial charge in [0.25, 0.3) is 0 Å². The van der Waals surface area contributed by atoms with Gasteiger partial charge in [-0.15, -0.1) is 0 Å². The topological polar surface area (TPSA) is 25.8 Å². The maximum Gasteiger partial charge on any atom is 0.125 e. The van der Waals surface area contributed by atoms with E-state index in [0.29, 0.717) is 0 Å². The van der Waals surface area contributed by atoms with Gasteiger partial charge < -0.3 is 0 Å². The van der Waals surface area contributed by atoms with Gasteiger partial charge in [0.05, 0.1) is 0 Å². The highest BCUT2D eigenvalue weighted by atomic mass is 79.9. The number of aromatic nitrogens is 2. The van der Waals surface area contributed by atoms with Gasteiger partial charge in [0, 0.05) is 23.3 Å². The summed E-state index contributed by atoms with van der Waals surface area (Å²) in [5.41, 5.74) is 1.06. The first kappa shape index (κ1) is 9.39. The van der Waals surface area contributed by atoms with Crippen LogP contribution in [0.3, 0.4) is 0 Å². The Morgan fingerprint density at radius 1 is 1.42 bits per heavy atom. The molecule has 0 aliphatic heterocycles. The van der Waals surface area contributed by atoms with Crippen LogP contribution in [-0.4, -0.2) is 15.3 Å². The Morgan fingerprint density at radius 2 is 2.08 bits per heavy atom. The van der Waals surface area contributed by atoms with Gasteiger partial charge in [0.15, 0.2) is 0 Å². The van der Waals surface area contributed by atoms with E-state index in [-0.39, 0.29) is 0 Å². The van der Waals surface area contributed by atoms with Crippen molar-refractivity contribution in [3.05, 3.63) is 29.9 Å². The minimum Gasteiger partial charge on any atom is -0.241 e. The average molecular weight is 227 g/mol. The third-order valence-corrected chi connectivity index (χ3v) is 1.84. The predicted octanol–water partition coefficient (Wildman–Crippen LogP) is 2.58. The highest BCUT2D eigenvalue weighted by Crippen LogP contribution is 2.00. The second kappa shape index (κ2) is 5.04. The van der Waals surface area contributed by atoms with Gasteiger partial charge in [-0.3, -0.25) is 0 Å². The first-order valence-electron chi connectivity index (χ1n) is 3.84. The van der Waals surface area contributed by atoms with Crippen LogP contribution in [0.15, 0.2) is 18.5 Å². The number of aryl methyl sites for hydroxylation is 1. The molecule has 0 N–H and O–H groups in total. The van der Waals surface area contributed by atoms with Crippen LogP contribution < -0.4 is 0 Å². The van der Waals surface area contributed by atoms with E-state index in [9.17, 15) is 0 Å². The van der Waals surface area contributed by atoms with Crippen LogP contribution in [0, 0.1) is 6.92 Å². The summed E-state index contributed by atoms with van der Waals surface area (Å²) in [7, 11) is 0. The number of rotatable bonds is 3. The van der Waals surface area contributed by atoms with Crippen LogP contribution in [0.25, 0.3) is 6.08 Å². The molecule has 0 spiro atoms. The van der Waals surface area contributed by atoms with Crippen molar-refractivity contribution >= 4 is 22.0 Å². The summed E-state index contributed by atoms with van der Waals surface area (Å²) in [4.78, 5) is 8.17. The van der Waals surface area contributed by atoms with E-state index in [1.54, 1.807) is 0 Å². The molecule has 2 nitrogen and oxygen atoms in total. The summed E-state index contributed by atoms with van der Waals surface area (Å²) in [6, 6.07) is 0. The standard InChI is InChI=1S/C9H11BrN2/c1-8-11-6-9(7-12-8)4-2-3-5-10/h2,4,6-7H,3,5H2,1H3. The van der Waals surface area contributed by atoms with Gasteiger partial charge in [-0.05, 0) is 13.3 Å². The van der Waals surface area contributed by atoms with E-state index >= 15 is 0 Å². The van der Waals surface area contributed by atoms with Crippen molar-refractivity contribution < 1.29 is 0 Å². The van der Waals surface area contributed by atoms with Crippen molar-refractivity contribution in [3.8, 4) is 0 Å². The lowest BCUT2D eigenvalue weighted by Gasteiger charge is -1.92. The lowest BCUT2D eigenvalue weighted by atomic mass is 10.3. The molecule has 0 unspecified atom stereocenters. The molecule has 12 heavy (non-hydrogen) atoms. The highest BCUT2D eigenvalue weighted by molar-refractivity contribution is 9.09. The summed E-state index contributed by atoms with van der Waals surface area (Å²) in [5.74, 6) is 0.813. The first-order valence-corrected chi connectivity index (χ1v) is 4.96. The average Bonchev–Trinajstić information content (AvgIpc) is 2.09. The first-order chi connectivity index (χ1) is 5.83. The third-order valence-electron chi connectivity index (χ3n) is 1.39. The minimum absolute atomic E-state index is 0.813. The number of nitrogens with zero attached hydrogens (tertiary/aromatic N) is 2. The molecule has 0 amide bonds. The Morgan fingerprint density at radius 3 is 2.67 bits per heavy atom. The van der Waals surface area contributed by atoms with Gasteiger partial charge in [-0.25, -0.2) is 9.97 Å². The molecule has 0 atom stereocenters. The van der Waals surface area contributed by atoms with E-state index in [2.05, 4.69) is 32.0 Å². The number of hydrogen-bond donors (Lipinski definition) is 0. The quantitative estimate of drug-likeness (QED) is 0.741. The molecule has 64 valence electrons. The zero-order chi connectivity index (χ0) is 8.81. The summed E-state index contributed by atoms with van der Waals surface area (Å²) >= 11 is 3.35. The van der Waals surface area contributed by atoms with Gasteiger partial charge in [0.2, 0.25) is 0 Å². The summed E-state index contributed by atoms with van der Waals surface area (Å²) in [6.45, 7) is 1.88. The predicted molar refractivity (Wildman–Crippen MR) is 54.2 cm³/mol. The molecular formula is C9H11BrN2.